The molecule has 2 aromatic rings. The summed E-state index contributed by atoms with van der Waals surface area (Å²) < 4.78 is 0. The molecule has 110 valence electrons. The fraction of sp³-hybridized carbons (Fsp3) is 0.176. The Balaban J connectivity index is 1.84. The van der Waals surface area contributed by atoms with Crippen molar-refractivity contribution in [3.63, 3.8) is 0 Å². The minimum Gasteiger partial charge on any atom is -0.271 e. The van der Waals surface area contributed by atoms with Crippen LogP contribution < -0.4 is 5.01 Å². The van der Waals surface area contributed by atoms with Crippen LogP contribution in [0.5, 0.6) is 0 Å². The summed E-state index contributed by atoms with van der Waals surface area (Å²) >= 11 is 7.65. The van der Waals surface area contributed by atoms with Crippen molar-refractivity contribution in [3.8, 4) is 0 Å². The van der Waals surface area contributed by atoms with Crippen LogP contribution >= 0.6 is 23.4 Å². The number of fused-ring (bicyclic) bond motifs is 3. The molecule has 1 unspecified atom stereocenters. The molecule has 4 rings (SSSR count). The summed E-state index contributed by atoms with van der Waals surface area (Å²) in [5.74, 6) is 0.734. The molecule has 5 heteroatoms. The van der Waals surface area contributed by atoms with Gasteiger partial charge in [0.1, 0.15) is 5.41 Å². The Morgan fingerprint density at radius 3 is 2.68 bits per heavy atom. The number of rotatable bonds is 1. The van der Waals surface area contributed by atoms with Gasteiger partial charge in [-0.3, -0.25) is 4.79 Å². The second-order valence-electron chi connectivity index (χ2n) is 5.66. The Bertz CT molecular complexity index is 803. The maximum atomic E-state index is 12.9. The molecule has 2 aliphatic rings. The summed E-state index contributed by atoms with van der Waals surface area (Å²) in [5.41, 5.74) is 2.10. The smallest absolute Gasteiger partial charge is 0.260 e. The summed E-state index contributed by atoms with van der Waals surface area (Å²) in [5, 5.41) is 6.80. The Labute approximate surface area is 138 Å². The summed E-state index contributed by atoms with van der Waals surface area (Å²) in [6.07, 6.45) is 0. The van der Waals surface area contributed by atoms with Gasteiger partial charge in [-0.05, 0) is 37.3 Å². The number of carbonyl (C=O) groups excluding carboxylic acids is 1. The van der Waals surface area contributed by atoms with Crippen LogP contribution in [-0.2, 0) is 4.79 Å². The van der Waals surface area contributed by atoms with Crippen molar-refractivity contribution in [3.05, 3.63) is 59.1 Å². The fourth-order valence-corrected chi connectivity index (χ4v) is 4.16. The van der Waals surface area contributed by atoms with Gasteiger partial charge in [-0.1, -0.05) is 29.8 Å². The van der Waals surface area contributed by atoms with E-state index < -0.39 is 5.41 Å². The molecule has 0 bridgehead atoms. The Morgan fingerprint density at radius 2 is 1.91 bits per heavy atom. The van der Waals surface area contributed by atoms with Gasteiger partial charge in [0.05, 0.1) is 11.4 Å². The van der Waals surface area contributed by atoms with E-state index in [4.69, 9.17) is 11.6 Å². The highest BCUT2D eigenvalue weighted by Crippen LogP contribution is 2.45. The third kappa shape index (κ3) is 1.91. The quantitative estimate of drug-likeness (QED) is 0.785. The zero-order chi connectivity index (χ0) is 15.3. The third-order valence-electron chi connectivity index (χ3n) is 4.12. The van der Waals surface area contributed by atoms with Gasteiger partial charge >= 0.3 is 0 Å². The zero-order valence-electron chi connectivity index (χ0n) is 11.9. The minimum absolute atomic E-state index is 0.0202. The molecule has 3 nitrogen and oxygen atoms in total. The first-order chi connectivity index (χ1) is 10.6. The molecule has 22 heavy (non-hydrogen) atoms. The molecule has 0 aliphatic carbocycles. The highest BCUT2D eigenvalue weighted by molar-refractivity contribution is 7.99. The predicted molar refractivity (Wildman–Crippen MR) is 90.7 cm³/mol. The number of nitrogens with zero attached hydrogens (tertiary/aromatic N) is 2. The van der Waals surface area contributed by atoms with E-state index in [9.17, 15) is 4.79 Å². The van der Waals surface area contributed by atoms with Crippen LogP contribution in [0.2, 0.25) is 5.02 Å². The molecule has 2 heterocycles. The number of thioether (sulfide) groups is 1. The molecule has 0 spiro atoms. The number of hydrogen-bond acceptors (Lipinski definition) is 3. The van der Waals surface area contributed by atoms with Crippen molar-refractivity contribution in [2.45, 2.75) is 11.8 Å². The molecule has 0 saturated carbocycles. The summed E-state index contributed by atoms with van der Waals surface area (Å²) in [4.78, 5) is 14.1. The molecular weight excluding hydrogens is 316 g/mol. The molecule has 0 N–H and O–H groups in total. The van der Waals surface area contributed by atoms with Crippen LogP contribution in [0.1, 0.15) is 12.5 Å². The van der Waals surface area contributed by atoms with Gasteiger partial charge in [0.25, 0.3) is 5.91 Å². The van der Waals surface area contributed by atoms with Gasteiger partial charge in [-0.25, -0.2) is 0 Å². The van der Waals surface area contributed by atoms with E-state index in [1.54, 1.807) is 23.9 Å². The molecule has 0 aromatic heterocycles. The molecule has 1 amide bonds. The van der Waals surface area contributed by atoms with Crippen LogP contribution in [0, 0.1) is 5.41 Å². The fourth-order valence-electron chi connectivity index (χ4n) is 2.84. The van der Waals surface area contributed by atoms with Gasteiger partial charge in [0, 0.05) is 21.2 Å². The normalized spacial score (nSPS) is 23.1. The van der Waals surface area contributed by atoms with E-state index in [1.165, 1.54) is 9.90 Å². The van der Waals surface area contributed by atoms with Crippen molar-refractivity contribution in [1.29, 1.82) is 0 Å². The number of amides is 1. The van der Waals surface area contributed by atoms with E-state index in [0.717, 1.165) is 17.0 Å². The standard InChI is InChI=1S/C17H13ClN2OS/c1-17-10-22-14-5-3-2-4-13(14)15(17)19-20(16(17)21)12-8-6-11(18)7-9-12/h2-9H,10H2,1H3. The van der Waals surface area contributed by atoms with Gasteiger partial charge in [-0.15, -0.1) is 11.8 Å². The van der Waals surface area contributed by atoms with E-state index in [2.05, 4.69) is 11.2 Å². The van der Waals surface area contributed by atoms with Crippen LogP contribution in [0.3, 0.4) is 0 Å². The number of halogens is 1. The average molecular weight is 329 g/mol. The maximum Gasteiger partial charge on any atom is 0.260 e. The van der Waals surface area contributed by atoms with Crippen LogP contribution in [0.4, 0.5) is 5.69 Å². The van der Waals surface area contributed by atoms with Crippen molar-refractivity contribution < 1.29 is 4.79 Å². The van der Waals surface area contributed by atoms with Gasteiger partial charge in [0.2, 0.25) is 0 Å². The molecule has 1 atom stereocenters. The van der Waals surface area contributed by atoms with Crippen molar-refractivity contribution >= 4 is 40.7 Å². The van der Waals surface area contributed by atoms with Crippen molar-refractivity contribution in [2.75, 3.05) is 10.8 Å². The number of hydrazone groups is 1. The Kier molecular flexibility index (Phi) is 3.06. The molecule has 0 radical (unpaired) electrons. The first kappa shape index (κ1) is 13.9. The molecule has 0 fully saturated rings. The molecule has 2 aliphatic heterocycles. The SMILES string of the molecule is CC12CSc3ccccc3C1=NN(c1ccc(Cl)cc1)C2=O. The average Bonchev–Trinajstić information content (AvgIpc) is 2.81. The predicted octanol–water partition coefficient (Wildman–Crippen LogP) is 4.20. The van der Waals surface area contributed by atoms with Crippen molar-refractivity contribution in [2.24, 2.45) is 10.5 Å². The molecule has 2 aromatic carbocycles. The summed E-state index contributed by atoms with van der Waals surface area (Å²) in [6, 6.07) is 15.3. The summed E-state index contributed by atoms with van der Waals surface area (Å²) in [6.45, 7) is 1.98. The van der Waals surface area contributed by atoms with Gasteiger partial charge in [0.15, 0.2) is 0 Å². The van der Waals surface area contributed by atoms with E-state index in [1.807, 2.05) is 37.3 Å². The molecule has 0 saturated heterocycles. The Morgan fingerprint density at radius 1 is 1.18 bits per heavy atom. The number of anilines is 1. The van der Waals surface area contributed by atoms with Crippen molar-refractivity contribution in [1.82, 2.24) is 0 Å². The highest BCUT2D eigenvalue weighted by atomic mass is 35.5. The number of carbonyl (C=O) groups is 1. The van der Waals surface area contributed by atoms with E-state index in [-0.39, 0.29) is 5.91 Å². The number of benzene rings is 2. The van der Waals surface area contributed by atoms with E-state index >= 15 is 0 Å². The monoisotopic (exact) mass is 328 g/mol. The van der Waals surface area contributed by atoms with Crippen LogP contribution in [0.25, 0.3) is 0 Å². The first-order valence-electron chi connectivity index (χ1n) is 7.01. The first-order valence-corrected chi connectivity index (χ1v) is 8.37. The highest BCUT2D eigenvalue weighted by Gasteiger charge is 2.50. The lowest BCUT2D eigenvalue weighted by Gasteiger charge is -2.29. The zero-order valence-corrected chi connectivity index (χ0v) is 13.5. The number of hydrogen-bond donors (Lipinski definition) is 0. The lowest BCUT2D eigenvalue weighted by Crippen LogP contribution is -2.41. The topological polar surface area (TPSA) is 32.7 Å². The lowest BCUT2D eigenvalue weighted by atomic mass is 9.83. The maximum absolute atomic E-state index is 12.9. The van der Waals surface area contributed by atoms with Crippen LogP contribution in [0.15, 0.2) is 58.5 Å². The minimum atomic E-state index is -0.571. The summed E-state index contributed by atoms with van der Waals surface area (Å²) in [7, 11) is 0. The largest absolute Gasteiger partial charge is 0.271 e. The van der Waals surface area contributed by atoms with E-state index in [0.29, 0.717) is 10.8 Å². The third-order valence-corrected chi connectivity index (χ3v) is 5.76. The van der Waals surface area contributed by atoms with Crippen LogP contribution in [-0.4, -0.2) is 17.4 Å². The second-order valence-corrected chi connectivity index (χ2v) is 7.11. The molecular formula is C17H13ClN2OS. The second kappa shape index (κ2) is 4.86. The van der Waals surface area contributed by atoms with Gasteiger partial charge < -0.3 is 0 Å². The lowest BCUT2D eigenvalue weighted by molar-refractivity contribution is -0.122. The van der Waals surface area contributed by atoms with Gasteiger partial charge in [-0.2, -0.15) is 10.1 Å². The Hall–Kier alpha value is -1.78.